The number of aryl methyl sites for hydroxylation is 1. The highest BCUT2D eigenvalue weighted by atomic mass is 32.1. The second-order valence-corrected chi connectivity index (χ2v) is 11.2. The first-order chi connectivity index (χ1) is 15.9. The molecule has 0 radical (unpaired) electrons. The minimum Gasteiger partial charge on any atom is -0.481 e. The highest BCUT2D eigenvalue weighted by Crippen LogP contribution is 2.44. The minimum atomic E-state index is -2.99. The maximum absolute atomic E-state index is 12.9. The number of aliphatic carboxylic acids is 1. The van der Waals surface area contributed by atoms with Crippen molar-refractivity contribution >= 4 is 17.3 Å². The second-order valence-electron chi connectivity index (χ2n) is 10.1. The molecule has 2 aromatic rings. The number of halogens is 2. The maximum Gasteiger partial charge on any atom is 0.387 e. The van der Waals surface area contributed by atoms with Crippen molar-refractivity contribution in [3.8, 4) is 22.4 Å². The first-order valence-corrected chi connectivity index (χ1v) is 12.1. The third-order valence-corrected chi connectivity index (χ3v) is 7.99. The van der Waals surface area contributed by atoms with Crippen molar-refractivity contribution in [2.24, 2.45) is 16.7 Å². The molecule has 0 saturated carbocycles. The summed E-state index contributed by atoms with van der Waals surface area (Å²) in [4.78, 5) is 20.0. The van der Waals surface area contributed by atoms with Crippen molar-refractivity contribution in [1.29, 1.82) is 5.26 Å². The molecule has 2 atom stereocenters. The van der Waals surface area contributed by atoms with Crippen LogP contribution >= 0.6 is 11.3 Å². The molecule has 34 heavy (non-hydrogen) atoms. The van der Waals surface area contributed by atoms with Gasteiger partial charge >= 0.3 is 12.6 Å². The molecule has 0 bridgehead atoms. The smallest absolute Gasteiger partial charge is 0.387 e. The molecule has 0 amide bonds. The number of piperidine rings is 1. The van der Waals surface area contributed by atoms with Gasteiger partial charge in [-0.2, -0.15) is 14.0 Å². The Morgan fingerprint density at radius 1 is 1.44 bits per heavy atom. The lowest BCUT2D eigenvalue weighted by atomic mass is 9.66. The van der Waals surface area contributed by atoms with E-state index in [0.29, 0.717) is 42.1 Å². The molecule has 6 nitrogen and oxygen atoms in total. The Bertz CT molecular complexity index is 1090. The van der Waals surface area contributed by atoms with Gasteiger partial charge in [-0.25, -0.2) is 4.98 Å². The van der Waals surface area contributed by atoms with Gasteiger partial charge in [0.15, 0.2) is 0 Å². The first-order valence-electron chi connectivity index (χ1n) is 11.3. The van der Waals surface area contributed by atoms with Gasteiger partial charge in [-0.15, -0.1) is 11.3 Å². The van der Waals surface area contributed by atoms with Crippen LogP contribution < -0.4 is 4.74 Å². The molecule has 0 spiro atoms. The summed E-state index contributed by atoms with van der Waals surface area (Å²) in [7, 11) is 0. The van der Waals surface area contributed by atoms with E-state index in [9.17, 15) is 23.9 Å². The highest BCUT2D eigenvalue weighted by Gasteiger charge is 2.47. The summed E-state index contributed by atoms with van der Waals surface area (Å²) in [5, 5.41) is 19.8. The molecule has 9 heteroatoms. The van der Waals surface area contributed by atoms with Crippen molar-refractivity contribution < 1.29 is 23.4 Å². The summed E-state index contributed by atoms with van der Waals surface area (Å²) in [6, 6.07) is 6.31. The van der Waals surface area contributed by atoms with Crippen LogP contribution in [-0.2, 0) is 11.3 Å². The molecule has 1 aromatic carbocycles. The molecule has 1 N–H and O–H groups in total. The molecule has 1 aromatic heterocycles. The zero-order valence-electron chi connectivity index (χ0n) is 20.2. The number of ether oxygens (including phenoxy) is 1. The summed E-state index contributed by atoms with van der Waals surface area (Å²) >= 11 is 1.36. The highest BCUT2D eigenvalue weighted by molar-refractivity contribution is 7.15. The van der Waals surface area contributed by atoms with E-state index in [2.05, 4.69) is 35.4 Å². The maximum atomic E-state index is 12.9. The largest absolute Gasteiger partial charge is 0.481 e. The average molecular weight is 492 g/mol. The number of carboxylic acids is 1. The zero-order valence-corrected chi connectivity index (χ0v) is 21.0. The molecule has 1 fully saturated rings. The van der Waals surface area contributed by atoms with Crippen LogP contribution in [0.25, 0.3) is 10.6 Å². The number of likely N-dealkylation sites (tertiary alicyclic amines) is 1. The third kappa shape index (κ3) is 5.56. The van der Waals surface area contributed by atoms with Crippen LogP contribution in [0, 0.1) is 35.0 Å². The topological polar surface area (TPSA) is 86.5 Å². The van der Waals surface area contributed by atoms with Gasteiger partial charge in [0.1, 0.15) is 10.8 Å². The number of carbonyl (C=O) groups is 1. The lowest BCUT2D eigenvalue weighted by Crippen LogP contribution is -2.53. The molecular formula is C25H31F2N3O3S. The van der Waals surface area contributed by atoms with E-state index in [0.717, 1.165) is 17.1 Å². The molecule has 184 valence electrons. The molecular weight excluding hydrogens is 460 g/mol. The number of nitriles is 1. The normalized spacial score (nSPS) is 21.4. The Labute approximate surface area is 203 Å². The average Bonchev–Trinajstić information content (AvgIpc) is 3.12. The van der Waals surface area contributed by atoms with Crippen molar-refractivity contribution in [1.82, 2.24) is 9.88 Å². The first kappa shape index (κ1) is 26.0. The predicted octanol–water partition coefficient (Wildman–Crippen LogP) is 5.94. The van der Waals surface area contributed by atoms with Crippen LogP contribution in [0.3, 0.4) is 0 Å². The van der Waals surface area contributed by atoms with E-state index in [1.807, 2.05) is 19.9 Å². The van der Waals surface area contributed by atoms with E-state index in [1.54, 1.807) is 0 Å². The SMILES string of the molecule is CC[C@@]1(C(=O)O)CC(C(C)(C)C)CN(Cc2sc(-c3cc(C#N)ccc3OC(F)F)nc2C)C1. The number of carboxylic acid groups (broad SMARTS) is 1. The Hall–Kier alpha value is -2.57. The predicted molar refractivity (Wildman–Crippen MR) is 127 cm³/mol. The monoisotopic (exact) mass is 491 g/mol. The van der Waals surface area contributed by atoms with Crippen molar-refractivity contribution in [3.63, 3.8) is 0 Å². The van der Waals surface area contributed by atoms with Gasteiger partial charge in [0.05, 0.1) is 28.3 Å². The van der Waals surface area contributed by atoms with Crippen LogP contribution in [0.2, 0.25) is 0 Å². The fraction of sp³-hybridized carbons (Fsp3) is 0.560. The Kier molecular flexibility index (Phi) is 7.63. The standard InChI is InChI=1S/C25H31F2N3O3S/c1-6-25(22(31)32)10-17(24(3,4)5)12-30(14-25)13-20-15(2)29-21(34-20)18-9-16(11-28)7-8-19(18)33-23(26)27/h7-9,17,23H,6,10,12-14H2,1-5H3,(H,31,32)/t17?,25-/m1/s1. The number of rotatable bonds is 7. The molecule has 0 aliphatic carbocycles. The molecule has 1 aliphatic rings. The van der Waals surface area contributed by atoms with Crippen LogP contribution in [0.15, 0.2) is 18.2 Å². The molecule has 1 saturated heterocycles. The summed E-state index contributed by atoms with van der Waals surface area (Å²) in [5.41, 5.74) is 0.571. The fourth-order valence-electron chi connectivity index (χ4n) is 4.53. The summed E-state index contributed by atoms with van der Waals surface area (Å²) in [6.45, 7) is 8.97. The van der Waals surface area contributed by atoms with Crippen LogP contribution in [0.5, 0.6) is 5.75 Å². The Morgan fingerprint density at radius 3 is 2.71 bits per heavy atom. The molecule has 1 aliphatic heterocycles. The van der Waals surface area contributed by atoms with Gasteiger partial charge in [0.2, 0.25) is 0 Å². The molecule has 1 unspecified atom stereocenters. The fourth-order valence-corrected chi connectivity index (χ4v) is 5.65. The van der Waals surface area contributed by atoms with Gasteiger partial charge in [-0.05, 0) is 49.3 Å². The van der Waals surface area contributed by atoms with Gasteiger partial charge in [0.25, 0.3) is 0 Å². The summed E-state index contributed by atoms with van der Waals surface area (Å²) in [5.74, 6) is -0.586. The minimum absolute atomic E-state index is 0.0315. The number of alkyl halides is 2. The van der Waals surface area contributed by atoms with Crippen molar-refractivity contribution in [2.45, 2.75) is 60.6 Å². The quantitative estimate of drug-likeness (QED) is 0.516. The van der Waals surface area contributed by atoms with Gasteiger partial charge in [0, 0.05) is 24.5 Å². The van der Waals surface area contributed by atoms with E-state index in [-0.39, 0.29) is 17.1 Å². The van der Waals surface area contributed by atoms with Crippen LogP contribution in [0.1, 0.15) is 56.7 Å². The van der Waals surface area contributed by atoms with Crippen molar-refractivity contribution in [2.75, 3.05) is 13.1 Å². The number of thiazole rings is 1. The van der Waals surface area contributed by atoms with Gasteiger partial charge in [-0.1, -0.05) is 27.7 Å². The number of nitrogens with zero attached hydrogens (tertiary/aromatic N) is 3. The Morgan fingerprint density at radius 2 is 2.15 bits per heavy atom. The van der Waals surface area contributed by atoms with Crippen molar-refractivity contribution in [3.05, 3.63) is 34.3 Å². The van der Waals surface area contributed by atoms with E-state index in [4.69, 9.17) is 0 Å². The number of benzene rings is 1. The number of hydrogen-bond donors (Lipinski definition) is 1. The molecule has 2 heterocycles. The third-order valence-electron chi connectivity index (χ3n) is 6.81. The van der Waals surface area contributed by atoms with Crippen LogP contribution in [0.4, 0.5) is 8.78 Å². The number of aromatic nitrogens is 1. The summed E-state index contributed by atoms with van der Waals surface area (Å²) < 4.78 is 30.5. The second kappa shape index (κ2) is 9.96. The summed E-state index contributed by atoms with van der Waals surface area (Å²) in [6.07, 6.45) is 1.19. The Balaban J connectivity index is 1.94. The van der Waals surface area contributed by atoms with E-state index in [1.165, 1.54) is 29.5 Å². The lowest BCUT2D eigenvalue weighted by molar-refractivity contribution is -0.156. The molecule has 3 rings (SSSR count). The lowest BCUT2D eigenvalue weighted by Gasteiger charge is -2.47. The zero-order chi connectivity index (χ0) is 25.3. The van der Waals surface area contributed by atoms with E-state index < -0.39 is 18.0 Å². The van der Waals surface area contributed by atoms with E-state index >= 15 is 0 Å². The van der Waals surface area contributed by atoms with Gasteiger partial charge in [-0.3, -0.25) is 9.69 Å². The number of hydrogen-bond acceptors (Lipinski definition) is 6. The van der Waals surface area contributed by atoms with Gasteiger partial charge < -0.3 is 9.84 Å². The van der Waals surface area contributed by atoms with Crippen LogP contribution in [-0.4, -0.2) is 40.7 Å².